The van der Waals surface area contributed by atoms with Crippen LogP contribution in [0.4, 0.5) is 0 Å². The summed E-state index contributed by atoms with van der Waals surface area (Å²) in [5.74, 6) is 2.11. The Bertz CT molecular complexity index is 845. The molecule has 3 aromatic rings. The molecule has 2 aromatic heterocycles. The quantitative estimate of drug-likeness (QED) is 0.789. The van der Waals surface area contributed by atoms with Crippen LogP contribution in [0.15, 0.2) is 23.4 Å². The van der Waals surface area contributed by atoms with Gasteiger partial charge in [-0.25, -0.2) is 9.97 Å². The molecule has 0 fully saturated rings. The van der Waals surface area contributed by atoms with E-state index in [1.54, 1.807) is 11.8 Å². The molecule has 0 saturated heterocycles. The monoisotopic (exact) mass is 299 g/mol. The van der Waals surface area contributed by atoms with Crippen LogP contribution in [0.5, 0.6) is 0 Å². The molecule has 1 aliphatic rings. The number of aryl methyl sites for hydroxylation is 2. The third kappa shape index (κ3) is 1.82. The number of benzene rings is 1. The predicted molar refractivity (Wildman–Crippen MR) is 85.3 cm³/mol. The molecule has 1 aliphatic heterocycles. The maximum atomic E-state index is 5.96. The van der Waals surface area contributed by atoms with Crippen LogP contribution in [0.25, 0.3) is 22.3 Å². The van der Waals surface area contributed by atoms with Gasteiger partial charge in [0.2, 0.25) is 0 Å². The molecule has 0 saturated carbocycles. The van der Waals surface area contributed by atoms with Gasteiger partial charge in [-0.15, -0.1) is 0 Å². The number of aromatic nitrogens is 4. The Kier molecular flexibility index (Phi) is 2.83. The van der Waals surface area contributed by atoms with Gasteiger partial charge >= 0.3 is 0 Å². The molecule has 0 unspecified atom stereocenters. The lowest BCUT2D eigenvalue weighted by atomic mass is 10.1. The van der Waals surface area contributed by atoms with E-state index < -0.39 is 0 Å². The number of nitrogens with zero attached hydrogens (tertiary/aromatic N) is 4. The van der Waals surface area contributed by atoms with Gasteiger partial charge < -0.3 is 14.9 Å². The van der Waals surface area contributed by atoms with Crippen molar-refractivity contribution >= 4 is 22.8 Å². The number of hydrogen-bond donors (Lipinski definition) is 1. The molecule has 3 heterocycles. The largest absolute Gasteiger partial charge is 0.331 e. The van der Waals surface area contributed by atoms with Gasteiger partial charge in [0.15, 0.2) is 5.16 Å². The fraction of sp³-hybridized carbons (Fsp3) is 0.333. The van der Waals surface area contributed by atoms with Gasteiger partial charge in [-0.2, -0.15) is 0 Å². The summed E-state index contributed by atoms with van der Waals surface area (Å²) in [6, 6.07) is 6.35. The van der Waals surface area contributed by atoms with Crippen LogP contribution in [0.3, 0.4) is 0 Å². The fourth-order valence-electron chi connectivity index (χ4n) is 2.94. The molecular weight excluding hydrogens is 282 g/mol. The number of hydrogen-bond acceptors (Lipinski definition) is 4. The van der Waals surface area contributed by atoms with Crippen LogP contribution in [0.2, 0.25) is 0 Å². The van der Waals surface area contributed by atoms with Crippen LogP contribution in [0, 0.1) is 6.92 Å². The maximum absolute atomic E-state index is 5.96. The lowest BCUT2D eigenvalue weighted by Crippen LogP contribution is -2.07. The minimum Gasteiger partial charge on any atom is -0.331 e. The maximum Gasteiger partial charge on any atom is 0.168 e. The first-order valence-electron chi connectivity index (χ1n) is 7.04. The van der Waals surface area contributed by atoms with Crippen LogP contribution in [-0.4, -0.2) is 24.9 Å². The van der Waals surface area contributed by atoms with Crippen molar-refractivity contribution in [1.82, 2.24) is 19.1 Å². The summed E-state index contributed by atoms with van der Waals surface area (Å²) in [6.45, 7) is 3.54. The SMILES string of the molecule is Cc1nc2cc(-c3nc4n(c3CN)CCS4)ccc2n1C. The molecule has 0 spiro atoms. The minimum absolute atomic E-state index is 0.516. The van der Waals surface area contributed by atoms with Gasteiger partial charge in [0.1, 0.15) is 5.82 Å². The Morgan fingerprint density at radius 3 is 3.00 bits per heavy atom. The molecular formula is C15H17N5S. The summed E-state index contributed by atoms with van der Waals surface area (Å²) in [4.78, 5) is 9.39. The molecule has 21 heavy (non-hydrogen) atoms. The van der Waals surface area contributed by atoms with Crippen molar-refractivity contribution in [3.05, 3.63) is 29.7 Å². The first-order valence-corrected chi connectivity index (χ1v) is 8.03. The summed E-state index contributed by atoms with van der Waals surface area (Å²) in [5.41, 5.74) is 11.3. The van der Waals surface area contributed by atoms with Crippen molar-refractivity contribution in [3.63, 3.8) is 0 Å². The van der Waals surface area contributed by atoms with E-state index in [9.17, 15) is 0 Å². The summed E-state index contributed by atoms with van der Waals surface area (Å²) in [7, 11) is 2.04. The van der Waals surface area contributed by atoms with Crippen molar-refractivity contribution in [2.75, 3.05) is 5.75 Å². The molecule has 0 atom stereocenters. The Labute approximate surface area is 127 Å². The molecule has 6 heteroatoms. The molecule has 0 bridgehead atoms. The Morgan fingerprint density at radius 1 is 1.33 bits per heavy atom. The molecule has 5 nitrogen and oxygen atoms in total. The first-order chi connectivity index (χ1) is 10.2. The normalized spacial score (nSPS) is 14.0. The minimum atomic E-state index is 0.516. The van der Waals surface area contributed by atoms with Crippen LogP contribution >= 0.6 is 11.8 Å². The second-order valence-corrected chi connectivity index (χ2v) is 6.38. The Balaban J connectivity index is 1.90. The molecule has 4 rings (SSSR count). The third-order valence-electron chi connectivity index (χ3n) is 4.15. The highest BCUT2D eigenvalue weighted by molar-refractivity contribution is 7.99. The highest BCUT2D eigenvalue weighted by atomic mass is 32.2. The summed E-state index contributed by atoms with van der Waals surface area (Å²) in [6.07, 6.45) is 0. The van der Waals surface area contributed by atoms with Crippen molar-refractivity contribution in [1.29, 1.82) is 0 Å². The molecule has 2 N–H and O–H groups in total. The average molecular weight is 299 g/mol. The van der Waals surface area contributed by atoms with E-state index in [1.807, 2.05) is 14.0 Å². The lowest BCUT2D eigenvalue weighted by molar-refractivity contribution is 0.678. The second kappa shape index (κ2) is 4.61. The van der Waals surface area contributed by atoms with Crippen LogP contribution < -0.4 is 5.73 Å². The number of nitrogens with two attached hydrogens (primary N) is 1. The van der Waals surface area contributed by atoms with Gasteiger partial charge in [0, 0.05) is 31.5 Å². The van der Waals surface area contributed by atoms with E-state index in [2.05, 4.69) is 32.3 Å². The summed E-state index contributed by atoms with van der Waals surface area (Å²) >= 11 is 1.80. The van der Waals surface area contributed by atoms with E-state index in [1.165, 1.54) is 0 Å². The summed E-state index contributed by atoms with van der Waals surface area (Å²) in [5, 5.41) is 1.09. The van der Waals surface area contributed by atoms with Gasteiger partial charge in [0.05, 0.1) is 22.4 Å². The molecule has 0 amide bonds. The van der Waals surface area contributed by atoms with E-state index in [0.29, 0.717) is 6.54 Å². The van der Waals surface area contributed by atoms with E-state index in [-0.39, 0.29) is 0 Å². The zero-order valence-corrected chi connectivity index (χ0v) is 12.9. The van der Waals surface area contributed by atoms with Gasteiger partial charge in [-0.05, 0) is 19.1 Å². The highest BCUT2D eigenvalue weighted by Gasteiger charge is 2.22. The molecule has 0 aliphatic carbocycles. The van der Waals surface area contributed by atoms with E-state index in [0.717, 1.165) is 51.3 Å². The average Bonchev–Trinajstić information content (AvgIpc) is 3.12. The number of thioether (sulfide) groups is 1. The highest BCUT2D eigenvalue weighted by Crippen LogP contribution is 2.33. The smallest absolute Gasteiger partial charge is 0.168 e. The zero-order chi connectivity index (χ0) is 14.6. The number of imidazole rings is 2. The van der Waals surface area contributed by atoms with Crippen molar-refractivity contribution in [2.24, 2.45) is 12.8 Å². The fourth-order valence-corrected chi connectivity index (χ4v) is 3.91. The van der Waals surface area contributed by atoms with Crippen molar-refractivity contribution in [3.8, 4) is 11.3 Å². The summed E-state index contributed by atoms with van der Waals surface area (Å²) < 4.78 is 4.35. The Morgan fingerprint density at radius 2 is 2.19 bits per heavy atom. The predicted octanol–water partition coefficient (Wildman–Crippen LogP) is 2.31. The topological polar surface area (TPSA) is 61.7 Å². The molecule has 0 radical (unpaired) electrons. The van der Waals surface area contributed by atoms with E-state index in [4.69, 9.17) is 10.7 Å². The second-order valence-electron chi connectivity index (χ2n) is 5.32. The van der Waals surface area contributed by atoms with Crippen LogP contribution in [-0.2, 0) is 20.1 Å². The van der Waals surface area contributed by atoms with Gasteiger partial charge in [-0.1, -0.05) is 17.8 Å². The van der Waals surface area contributed by atoms with Gasteiger partial charge in [0.25, 0.3) is 0 Å². The number of fused-ring (bicyclic) bond motifs is 2. The first kappa shape index (κ1) is 12.9. The standard InChI is InChI=1S/C15H17N5S/c1-9-17-11-7-10(3-4-12(11)19(9)2)14-13(8-16)20-5-6-21-15(20)18-14/h3-4,7H,5-6,8,16H2,1-2H3. The Hall–Kier alpha value is -1.79. The van der Waals surface area contributed by atoms with Crippen molar-refractivity contribution in [2.45, 2.75) is 25.2 Å². The number of rotatable bonds is 2. The van der Waals surface area contributed by atoms with Gasteiger partial charge in [-0.3, -0.25) is 0 Å². The molecule has 108 valence electrons. The zero-order valence-electron chi connectivity index (χ0n) is 12.1. The third-order valence-corrected chi connectivity index (χ3v) is 5.11. The van der Waals surface area contributed by atoms with Crippen LogP contribution in [0.1, 0.15) is 11.5 Å². The van der Waals surface area contributed by atoms with Crippen molar-refractivity contribution < 1.29 is 0 Å². The lowest BCUT2D eigenvalue weighted by Gasteiger charge is -2.05. The van der Waals surface area contributed by atoms with E-state index >= 15 is 0 Å². The molecule has 1 aromatic carbocycles.